The molecular formula is C21H16ClN5O3S. The first-order valence-electron chi connectivity index (χ1n) is 9.10. The van der Waals surface area contributed by atoms with E-state index < -0.39 is 0 Å². The number of amidine groups is 1. The molecule has 4 rings (SSSR count). The van der Waals surface area contributed by atoms with E-state index in [1.165, 1.54) is 18.9 Å². The number of amides is 2. The molecule has 2 heterocycles. The number of carbonyl (C=O) groups excluding carboxylic acids is 2. The molecule has 156 valence electrons. The fourth-order valence-electron chi connectivity index (χ4n) is 2.83. The fourth-order valence-corrected chi connectivity index (χ4v) is 3.82. The van der Waals surface area contributed by atoms with Crippen molar-refractivity contribution in [3.05, 3.63) is 64.3 Å². The maximum absolute atomic E-state index is 12.4. The zero-order valence-corrected chi connectivity index (χ0v) is 17.8. The molecule has 0 saturated carbocycles. The lowest BCUT2D eigenvalue weighted by Gasteiger charge is -2.10. The number of hydrogen-bond acceptors (Lipinski definition) is 7. The normalized spacial score (nSPS) is 14.7. The molecule has 0 aliphatic carbocycles. The van der Waals surface area contributed by atoms with Crippen LogP contribution < -0.4 is 10.6 Å². The molecule has 1 aliphatic rings. The van der Waals surface area contributed by atoms with Gasteiger partial charge in [0.15, 0.2) is 5.17 Å². The molecule has 2 aromatic carbocycles. The molecular weight excluding hydrogens is 438 g/mol. The van der Waals surface area contributed by atoms with Gasteiger partial charge >= 0.3 is 0 Å². The molecule has 1 aliphatic heterocycles. The van der Waals surface area contributed by atoms with Gasteiger partial charge in [-0.15, -0.1) is 0 Å². The van der Waals surface area contributed by atoms with Crippen LogP contribution in [-0.2, 0) is 14.3 Å². The van der Waals surface area contributed by atoms with Gasteiger partial charge in [-0.1, -0.05) is 17.7 Å². The molecule has 0 fully saturated rings. The third-order valence-electron chi connectivity index (χ3n) is 4.18. The van der Waals surface area contributed by atoms with Gasteiger partial charge in [-0.25, -0.2) is 0 Å². The van der Waals surface area contributed by atoms with E-state index in [4.69, 9.17) is 16.3 Å². The number of rotatable bonds is 5. The second-order valence-electron chi connectivity index (χ2n) is 6.44. The van der Waals surface area contributed by atoms with Gasteiger partial charge in [-0.2, -0.15) is 4.99 Å². The van der Waals surface area contributed by atoms with Crippen molar-refractivity contribution in [2.24, 2.45) is 4.99 Å². The van der Waals surface area contributed by atoms with Crippen LogP contribution in [0.5, 0.6) is 0 Å². The van der Waals surface area contributed by atoms with Gasteiger partial charge < -0.3 is 15.4 Å². The molecule has 3 aromatic rings. The zero-order chi connectivity index (χ0) is 21.8. The SMILES string of the molecule is COCC(=O)Nc1ccc(Cl)c(NC2=NC(=O)C(=Cc3ccc4nccnc4c3)S2)c1. The van der Waals surface area contributed by atoms with Crippen LogP contribution in [0.25, 0.3) is 17.1 Å². The predicted octanol–water partition coefficient (Wildman–Crippen LogP) is 3.95. The Balaban J connectivity index is 1.49. The van der Waals surface area contributed by atoms with E-state index in [0.717, 1.165) is 16.6 Å². The fraction of sp³-hybridized carbons (Fsp3) is 0.0952. The number of anilines is 2. The molecule has 31 heavy (non-hydrogen) atoms. The highest BCUT2D eigenvalue weighted by molar-refractivity contribution is 8.18. The standard InChI is InChI=1S/C21H16ClN5O3S/c1-30-11-19(28)25-13-3-4-14(22)16(10-13)26-21-27-20(29)18(31-21)9-12-2-5-15-17(8-12)24-7-6-23-15/h2-10H,11H2,1H3,(H,25,28)(H,26,27,29). The van der Waals surface area contributed by atoms with Crippen LogP contribution in [0.4, 0.5) is 11.4 Å². The Hall–Kier alpha value is -3.27. The predicted molar refractivity (Wildman–Crippen MR) is 123 cm³/mol. The summed E-state index contributed by atoms with van der Waals surface area (Å²) in [7, 11) is 1.44. The minimum absolute atomic E-state index is 0.0586. The van der Waals surface area contributed by atoms with Crippen molar-refractivity contribution in [3.8, 4) is 0 Å². The number of fused-ring (bicyclic) bond motifs is 1. The number of carbonyl (C=O) groups is 2. The van der Waals surface area contributed by atoms with E-state index in [1.54, 1.807) is 36.7 Å². The minimum Gasteiger partial charge on any atom is -0.375 e. The van der Waals surface area contributed by atoms with Gasteiger partial charge in [0, 0.05) is 25.2 Å². The monoisotopic (exact) mass is 453 g/mol. The third-order valence-corrected chi connectivity index (χ3v) is 5.41. The van der Waals surface area contributed by atoms with E-state index in [9.17, 15) is 9.59 Å². The van der Waals surface area contributed by atoms with Crippen molar-refractivity contribution in [1.29, 1.82) is 0 Å². The highest BCUT2D eigenvalue weighted by Gasteiger charge is 2.22. The van der Waals surface area contributed by atoms with Crippen LogP contribution >= 0.6 is 23.4 Å². The van der Waals surface area contributed by atoms with Crippen molar-refractivity contribution in [2.45, 2.75) is 0 Å². The first-order chi connectivity index (χ1) is 15.0. The van der Waals surface area contributed by atoms with E-state index in [-0.39, 0.29) is 18.4 Å². The number of aliphatic imine (C=N–C) groups is 1. The summed E-state index contributed by atoms with van der Waals surface area (Å²) >= 11 is 7.45. The Labute approximate surface area is 186 Å². The molecule has 1 aromatic heterocycles. The molecule has 0 unspecified atom stereocenters. The summed E-state index contributed by atoms with van der Waals surface area (Å²) in [6.07, 6.45) is 5.00. The number of nitrogens with zero attached hydrogens (tertiary/aromatic N) is 3. The number of thioether (sulfide) groups is 1. The summed E-state index contributed by atoms with van der Waals surface area (Å²) in [5.41, 5.74) is 3.39. The number of ether oxygens (including phenoxy) is 1. The molecule has 0 saturated heterocycles. The molecule has 8 nitrogen and oxygen atoms in total. The van der Waals surface area contributed by atoms with Crippen LogP contribution in [0.15, 0.2) is 58.7 Å². The van der Waals surface area contributed by atoms with Gasteiger partial charge in [0.25, 0.3) is 5.91 Å². The number of halogens is 1. The highest BCUT2D eigenvalue weighted by Crippen LogP contribution is 2.32. The van der Waals surface area contributed by atoms with Crippen LogP contribution in [0.2, 0.25) is 5.02 Å². The molecule has 0 radical (unpaired) electrons. The van der Waals surface area contributed by atoms with Crippen molar-refractivity contribution in [3.63, 3.8) is 0 Å². The Morgan fingerprint density at radius 2 is 1.97 bits per heavy atom. The van der Waals surface area contributed by atoms with E-state index in [2.05, 4.69) is 25.6 Å². The molecule has 0 spiro atoms. The Morgan fingerprint density at radius 1 is 1.16 bits per heavy atom. The second-order valence-corrected chi connectivity index (χ2v) is 7.88. The lowest BCUT2D eigenvalue weighted by molar-refractivity contribution is -0.119. The van der Waals surface area contributed by atoms with Crippen LogP contribution in [0, 0.1) is 0 Å². The molecule has 2 N–H and O–H groups in total. The lowest BCUT2D eigenvalue weighted by Crippen LogP contribution is -2.17. The number of nitrogens with one attached hydrogen (secondary N) is 2. The molecule has 10 heteroatoms. The summed E-state index contributed by atoms with van der Waals surface area (Å²) < 4.78 is 4.81. The Morgan fingerprint density at radius 3 is 2.77 bits per heavy atom. The zero-order valence-electron chi connectivity index (χ0n) is 16.3. The third kappa shape index (κ3) is 5.08. The van der Waals surface area contributed by atoms with Gasteiger partial charge in [0.2, 0.25) is 5.91 Å². The average Bonchev–Trinajstić information content (AvgIpc) is 3.09. The Bertz CT molecular complexity index is 1240. The van der Waals surface area contributed by atoms with E-state index in [1.807, 2.05) is 18.2 Å². The largest absolute Gasteiger partial charge is 0.375 e. The minimum atomic E-state index is -0.354. The van der Waals surface area contributed by atoms with E-state index in [0.29, 0.717) is 26.5 Å². The van der Waals surface area contributed by atoms with Crippen molar-refractivity contribution >= 4 is 68.8 Å². The number of hydrogen-bond donors (Lipinski definition) is 2. The van der Waals surface area contributed by atoms with Crippen LogP contribution in [-0.4, -0.2) is 40.7 Å². The highest BCUT2D eigenvalue weighted by atomic mass is 35.5. The quantitative estimate of drug-likeness (QED) is 0.563. The first kappa shape index (κ1) is 21.0. The lowest BCUT2D eigenvalue weighted by atomic mass is 10.2. The van der Waals surface area contributed by atoms with Crippen LogP contribution in [0.1, 0.15) is 5.56 Å². The number of aromatic nitrogens is 2. The molecule has 0 atom stereocenters. The molecule has 2 amide bonds. The van der Waals surface area contributed by atoms with Crippen LogP contribution in [0.3, 0.4) is 0 Å². The molecule has 0 bridgehead atoms. The van der Waals surface area contributed by atoms with Gasteiger partial charge in [0.05, 0.1) is 26.6 Å². The number of methoxy groups -OCH3 is 1. The van der Waals surface area contributed by atoms with Gasteiger partial charge in [-0.05, 0) is 53.7 Å². The maximum Gasteiger partial charge on any atom is 0.286 e. The van der Waals surface area contributed by atoms with Crippen molar-refractivity contribution in [1.82, 2.24) is 9.97 Å². The second kappa shape index (κ2) is 9.25. The van der Waals surface area contributed by atoms with Crippen molar-refractivity contribution in [2.75, 3.05) is 24.4 Å². The van der Waals surface area contributed by atoms with E-state index >= 15 is 0 Å². The summed E-state index contributed by atoms with van der Waals surface area (Å²) in [6.45, 7) is -0.0586. The number of benzene rings is 2. The van der Waals surface area contributed by atoms with Gasteiger partial charge in [0.1, 0.15) is 6.61 Å². The summed E-state index contributed by atoms with van der Waals surface area (Å²) in [6, 6.07) is 10.5. The first-order valence-corrected chi connectivity index (χ1v) is 10.3. The topological polar surface area (TPSA) is 106 Å². The summed E-state index contributed by atoms with van der Waals surface area (Å²) in [5.74, 6) is -0.642. The average molecular weight is 454 g/mol. The Kier molecular flexibility index (Phi) is 6.26. The summed E-state index contributed by atoms with van der Waals surface area (Å²) in [4.78, 5) is 37.1. The maximum atomic E-state index is 12.4. The smallest absolute Gasteiger partial charge is 0.286 e. The van der Waals surface area contributed by atoms with Gasteiger partial charge in [-0.3, -0.25) is 19.6 Å². The summed E-state index contributed by atoms with van der Waals surface area (Å²) in [5, 5.41) is 6.56. The van der Waals surface area contributed by atoms with Crippen molar-refractivity contribution < 1.29 is 14.3 Å².